The Morgan fingerprint density at radius 1 is 1.24 bits per heavy atom. The van der Waals surface area contributed by atoms with Crippen LogP contribution in [0.1, 0.15) is 37.3 Å². The molecular formula is C19H17F4N3O3. The summed E-state index contributed by atoms with van der Waals surface area (Å²) in [5.74, 6) is -2.17. The third-order valence-corrected chi connectivity index (χ3v) is 5.41. The van der Waals surface area contributed by atoms with E-state index in [9.17, 15) is 27.2 Å². The second-order valence-electron chi connectivity index (χ2n) is 7.22. The first-order valence-corrected chi connectivity index (χ1v) is 9.03. The number of nitrogens with zero attached hydrogens (tertiary/aromatic N) is 3. The third kappa shape index (κ3) is 3.16. The zero-order valence-electron chi connectivity index (χ0n) is 15.6. The number of benzene rings is 1. The summed E-state index contributed by atoms with van der Waals surface area (Å²) in [4.78, 5) is 29.3. The Hall–Kier alpha value is -2.91. The molecule has 1 aliphatic heterocycles. The number of likely N-dealkylation sites (tertiary alicyclic amines) is 1. The lowest BCUT2D eigenvalue weighted by Gasteiger charge is -2.30. The van der Waals surface area contributed by atoms with Gasteiger partial charge in [-0.3, -0.25) is 9.59 Å². The Kier molecular flexibility index (Phi) is 4.39. The zero-order chi connectivity index (χ0) is 21.1. The van der Waals surface area contributed by atoms with Gasteiger partial charge in [-0.1, -0.05) is 0 Å². The average Bonchev–Trinajstić information content (AvgIpc) is 3.01. The third-order valence-electron chi connectivity index (χ3n) is 5.41. The highest BCUT2D eigenvalue weighted by molar-refractivity contribution is 6.00. The number of hydrogen-bond acceptors (Lipinski definition) is 4. The number of imidazole rings is 1. The van der Waals surface area contributed by atoms with Crippen molar-refractivity contribution in [1.29, 1.82) is 0 Å². The van der Waals surface area contributed by atoms with Crippen molar-refractivity contribution in [2.45, 2.75) is 31.9 Å². The van der Waals surface area contributed by atoms with Gasteiger partial charge in [0.2, 0.25) is 11.7 Å². The number of hydrogen-bond donors (Lipinski definition) is 0. The van der Waals surface area contributed by atoms with Gasteiger partial charge >= 0.3 is 6.18 Å². The second-order valence-corrected chi connectivity index (χ2v) is 7.22. The van der Waals surface area contributed by atoms with E-state index in [1.165, 1.54) is 13.0 Å². The molecule has 0 N–H and O–H groups in total. The Morgan fingerprint density at radius 2 is 1.90 bits per heavy atom. The molecule has 0 aliphatic carbocycles. The van der Waals surface area contributed by atoms with Crippen LogP contribution in [0.15, 0.2) is 21.3 Å². The molecule has 10 heteroatoms. The number of fused-ring (bicyclic) bond motifs is 3. The van der Waals surface area contributed by atoms with Crippen molar-refractivity contribution >= 4 is 27.9 Å². The van der Waals surface area contributed by atoms with E-state index in [4.69, 9.17) is 4.42 Å². The van der Waals surface area contributed by atoms with Crippen LogP contribution in [-0.2, 0) is 18.0 Å². The maximum absolute atomic E-state index is 14.5. The quantitative estimate of drug-likeness (QED) is 0.575. The molecule has 2 aromatic heterocycles. The molecule has 1 amide bonds. The molecule has 3 heterocycles. The summed E-state index contributed by atoms with van der Waals surface area (Å²) >= 11 is 0. The van der Waals surface area contributed by atoms with Gasteiger partial charge in [-0.15, -0.1) is 0 Å². The van der Waals surface area contributed by atoms with Crippen molar-refractivity contribution in [3.8, 4) is 0 Å². The molecule has 0 atom stereocenters. The molecule has 1 aromatic carbocycles. The van der Waals surface area contributed by atoms with Crippen LogP contribution in [0, 0.1) is 5.82 Å². The van der Waals surface area contributed by atoms with Crippen LogP contribution in [0.25, 0.3) is 22.0 Å². The van der Waals surface area contributed by atoms with Crippen LogP contribution < -0.4 is 5.43 Å². The Labute approximate surface area is 161 Å². The number of aryl methyl sites for hydroxylation is 1. The average molecular weight is 411 g/mol. The fourth-order valence-corrected chi connectivity index (χ4v) is 3.89. The van der Waals surface area contributed by atoms with Crippen LogP contribution >= 0.6 is 0 Å². The van der Waals surface area contributed by atoms with Crippen LogP contribution in [0.5, 0.6) is 0 Å². The summed E-state index contributed by atoms with van der Waals surface area (Å²) in [5.41, 5.74) is -1.43. The van der Waals surface area contributed by atoms with E-state index in [0.717, 1.165) is 13.1 Å². The van der Waals surface area contributed by atoms with Gasteiger partial charge in [0.05, 0.1) is 5.39 Å². The fourth-order valence-electron chi connectivity index (χ4n) is 3.89. The lowest BCUT2D eigenvalue weighted by atomic mass is 9.93. The zero-order valence-corrected chi connectivity index (χ0v) is 15.6. The number of halogens is 4. The van der Waals surface area contributed by atoms with Crippen LogP contribution in [-0.4, -0.2) is 33.4 Å². The molecule has 0 unspecified atom stereocenters. The highest BCUT2D eigenvalue weighted by Gasteiger charge is 2.38. The lowest BCUT2D eigenvalue weighted by Crippen LogP contribution is -2.36. The molecule has 154 valence electrons. The Bertz CT molecular complexity index is 1190. The van der Waals surface area contributed by atoms with E-state index in [1.54, 1.807) is 4.90 Å². The van der Waals surface area contributed by atoms with Crippen LogP contribution in [0.4, 0.5) is 17.6 Å². The number of alkyl halides is 3. The maximum atomic E-state index is 14.5. The predicted molar refractivity (Wildman–Crippen MR) is 95.9 cm³/mol. The van der Waals surface area contributed by atoms with Gasteiger partial charge in [-0.25, -0.2) is 9.37 Å². The predicted octanol–water partition coefficient (Wildman–Crippen LogP) is 3.56. The molecular weight excluding hydrogens is 394 g/mol. The first-order valence-electron chi connectivity index (χ1n) is 9.03. The molecule has 0 saturated carbocycles. The smallest absolute Gasteiger partial charge is 0.449 e. The van der Waals surface area contributed by atoms with Gasteiger partial charge in [0.25, 0.3) is 0 Å². The van der Waals surface area contributed by atoms with Crippen molar-refractivity contribution in [3.63, 3.8) is 0 Å². The molecule has 1 saturated heterocycles. The molecule has 4 rings (SSSR count). The highest BCUT2D eigenvalue weighted by Crippen LogP contribution is 2.36. The van der Waals surface area contributed by atoms with Gasteiger partial charge in [0.15, 0.2) is 11.0 Å². The summed E-state index contributed by atoms with van der Waals surface area (Å²) < 4.78 is 60.6. The largest absolute Gasteiger partial charge is 0.458 e. The summed E-state index contributed by atoms with van der Waals surface area (Å²) in [6.07, 6.45) is -3.69. The van der Waals surface area contributed by atoms with Crippen molar-refractivity contribution < 1.29 is 26.8 Å². The SMILES string of the molecule is CC(=O)N1CCC(c2cc(=O)c3cc(F)c4c(nc(C(F)(F)F)n4C)c3o2)CC1. The van der Waals surface area contributed by atoms with Crippen molar-refractivity contribution in [3.05, 3.63) is 39.8 Å². The molecule has 1 fully saturated rings. The van der Waals surface area contributed by atoms with Gasteiger partial charge < -0.3 is 13.9 Å². The number of carbonyl (C=O) groups is 1. The summed E-state index contributed by atoms with van der Waals surface area (Å²) in [5, 5.41) is -0.160. The molecule has 1 aliphatic rings. The van der Waals surface area contributed by atoms with E-state index < -0.39 is 23.2 Å². The first-order chi connectivity index (χ1) is 13.6. The number of piperidine rings is 1. The van der Waals surface area contributed by atoms with Crippen molar-refractivity contribution in [2.24, 2.45) is 7.05 Å². The maximum Gasteiger partial charge on any atom is 0.449 e. The van der Waals surface area contributed by atoms with Crippen molar-refractivity contribution in [2.75, 3.05) is 13.1 Å². The minimum absolute atomic E-state index is 0.0474. The van der Waals surface area contributed by atoms with Crippen LogP contribution in [0.3, 0.4) is 0 Å². The number of rotatable bonds is 1. The Balaban J connectivity index is 1.88. The van der Waals surface area contributed by atoms with Crippen LogP contribution in [0.2, 0.25) is 0 Å². The van der Waals surface area contributed by atoms with Gasteiger partial charge in [0.1, 0.15) is 22.6 Å². The summed E-state index contributed by atoms with van der Waals surface area (Å²) in [6.45, 7) is 2.45. The second kappa shape index (κ2) is 6.57. The lowest BCUT2D eigenvalue weighted by molar-refractivity contribution is -0.146. The molecule has 6 nitrogen and oxygen atoms in total. The minimum atomic E-state index is -4.79. The normalized spacial score (nSPS) is 16.1. The van der Waals surface area contributed by atoms with E-state index in [2.05, 4.69) is 4.98 Å². The topological polar surface area (TPSA) is 68.3 Å². The van der Waals surface area contributed by atoms with E-state index in [-0.39, 0.29) is 33.8 Å². The molecule has 0 spiro atoms. The van der Waals surface area contributed by atoms with Gasteiger partial charge in [0, 0.05) is 39.0 Å². The van der Waals surface area contributed by atoms with Gasteiger partial charge in [-0.05, 0) is 18.9 Å². The summed E-state index contributed by atoms with van der Waals surface area (Å²) in [7, 11) is 1.06. The van der Waals surface area contributed by atoms with E-state index in [0.29, 0.717) is 36.3 Å². The summed E-state index contributed by atoms with van der Waals surface area (Å²) in [6, 6.07) is 2.13. The first kappa shape index (κ1) is 19.4. The molecule has 3 aromatic rings. The molecule has 29 heavy (non-hydrogen) atoms. The molecule has 0 bridgehead atoms. The van der Waals surface area contributed by atoms with Gasteiger partial charge in [-0.2, -0.15) is 13.2 Å². The number of amides is 1. The highest BCUT2D eigenvalue weighted by atomic mass is 19.4. The van der Waals surface area contributed by atoms with E-state index in [1.807, 2.05) is 0 Å². The van der Waals surface area contributed by atoms with E-state index >= 15 is 0 Å². The fraction of sp³-hybridized carbons (Fsp3) is 0.421. The standard InChI is InChI=1S/C19H17F4N3O3/c1-9(27)26-5-3-10(4-6-26)14-8-13(28)11-7-12(20)16-15(17(11)29-14)24-18(25(16)2)19(21,22)23/h7-8,10H,3-6H2,1-2H3. The Morgan fingerprint density at radius 3 is 2.48 bits per heavy atom. The van der Waals surface area contributed by atoms with Crippen molar-refractivity contribution in [1.82, 2.24) is 14.5 Å². The monoisotopic (exact) mass is 411 g/mol. The number of carbonyl (C=O) groups excluding carboxylic acids is 1. The molecule has 0 radical (unpaired) electrons. The number of aromatic nitrogens is 2. The minimum Gasteiger partial charge on any atom is -0.458 e.